The molecule has 0 N–H and O–H groups in total. The van der Waals surface area contributed by atoms with Crippen LogP contribution in [0.15, 0.2) is 53.1 Å². The number of benzene rings is 1. The molecule has 1 amide bonds. The minimum Gasteiger partial charge on any atom is -0.369 e. The minimum absolute atomic E-state index is 0.265. The Hall–Kier alpha value is -2.33. The molecule has 0 bridgehead atoms. The van der Waals surface area contributed by atoms with Crippen LogP contribution < -0.4 is 4.90 Å². The summed E-state index contributed by atoms with van der Waals surface area (Å²) in [5.41, 5.74) is 7.81. The standard InChI is InChI=1S/C33H49N3O/c1-26(2)10-8-11-27(3)12-9-13-28(4)18-19-34-20-22-35(23-21-34)31-17-16-29-25-36(33(37)32(29)24-31)30-14-6-5-7-15-30/h10,12,16-18,24,30H,5-9,11,13-15,19-23,25H2,1-4H3/b27-12+,28-18+. The zero-order valence-electron chi connectivity index (χ0n) is 23.9. The third-order valence-corrected chi connectivity index (χ3v) is 8.50. The summed E-state index contributed by atoms with van der Waals surface area (Å²) in [4.78, 5) is 20.4. The predicted molar refractivity (Wildman–Crippen MR) is 157 cm³/mol. The van der Waals surface area contributed by atoms with Crippen LogP contribution in [0.25, 0.3) is 0 Å². The van der Waals surface area contributed by atoms with Crippen molar-refractivity contribution in [2.24, 2.45) is 0 Å². The van der Waals surface area contributed by atoms with E-state index in [1.165, 1.54) is 66.5 Å². The zero-order valence-corrected chi connectivity index (χ0v) is 23.9. The van der Waals surface area contributed by atoms with Gasteiger partial charge in [-0.05, 0) is 83.9 Å². The molecule has 4 rings (SSSR count). The molecule has 1 aromatic rings. The zero-order chi connectivity index (χ0) is 26.2. The molecular weight excluding hydrogens is 454 g/mol. The Morgan fingerprint density at radius 2 is 1.54 bits per heavy atom. The molecule has 1 saturated heterocycles. The summed E-state index contributed by atoms with van der Waals surface area (Å²) in [6.07, 6.45) is 18.0. The molecule has 0 atom stereocenters. The molecule has 0 unspecified atom stereocenters. The van der Waals surface area contributed by atoms with Gasteiger partial charge in [-0.2, -0.15) is 0 Å². The van der Waals surface area contributed by atoms with Gasteiger partial charge >= 0.3 is 0 Å². The lowest BCUT2D eigenvalue weighted by Crippen LogP contribution is -2.46. The van der Waals surface area contributed by atoms with Crippen LogP contribution in [0, 0.1) is 0 Å². The number of nitrogens with zero attached hydrogens (tertiary/aromatic N) is 3. The first kappa shape index (κ1) is 27.7. The van der Waals surface area contributed by atoms with Crippen LogP contribution in [-0.2, 0) is 6.54 Å². The Labute approximate surface area is 226 Å². The topological polar surface area (TPSA) is 26.8 Å². The number of fused-ring (bicyclic) bond motifs is 1. The summed E-state index contributed by atoms with van der Waals surface area (Å²) in [5.74, 6) is 0.265. The predicted octanol–water partition coefficient (Wildman–Crippen LogP) is 7.52. The van der Waals surface area contributed by atoms with E-state index in [9.17, 15) is 4.79 Å². The van der Waals surface area contributed by atoms with Gasteiger partial charge in [0.2, 0.25) is 0 Å². The highest BCUT2D eigenvalue weighted by Gasteiger charge is 2.33. The number of amides is 1. The molecule has 0 aromatic heterocycles. The van der Waals surface area contributed by atoms with Crippen LogP contribution in [0.3, 0.4) is 0 Å². The second kappa shape index (κ2) is 13.5. The quantitative estimate of drug-likeness (QED) is 0.309. The molecule has 1 aromatic carbocycles. The van der Waals surface area contributed by atoms with Crippen LogP contribution in [0.2, 0.25) is 0 Å². The van der Waals surface area contributed by atoms with Gasteiger partial charge in [0.25, 0.3) is 5.91 Å². The minimum atomic E-state index is 0.265. The van der Waals surface area contributed by atoms with Crippen molar-refractivity contribution >= 4 is 11.6 Å². The average molecular weight is 504 g/mol. The molecule has 0 radical (unpaired) electrons. The van der Waals surface area contributed by atoms with Gasteiger partial charge in [0.15, 0.2) is 0 Å². The lowest BCUT2D eigenvalue weighted by Gasteiger charge is -2.36. The van der Waals surface area contributed by atoms with Gasteiger partial charge in [-0.25, -0.2) is 0 Å². The highest BCUT2D eigenvalue weighted by atomic mass is 16.2. The van der Waals surface area contributed by atoms with Crippen molar-refractivity contribution in [3.63, 3.8) is 0 Å². The second-order valence-corrected chi connectivity index (χ2v) is 11.8. The monoisotopic (exact) mass is 503 g/mol. The van der Waals surface area contributed by atoms with E-state index in [0.29, 0.717) is 6.04 Å². The van der Waals surface area contributed by atoms with E-state index in [0.717, 1.165) is 64.1 Å². The fourth-order valence-corrected chi connectivity index (χ4v) is 6.01. The second-order valence-electron chi connectivity index (χ2n) is 11.8. The lowest BCUT2D eigenvalue weighted by atomic mass is 9.94. The molecule has 3 aliphatic rings. The Balaban J connectivity index is 1.21. The van der Waals surface area contributed by atoms with E-state index >= 15 is 0 Å². The maximum absolute atomic E-state index is 13.2. The van der Waals surface area contributed by atoms with Gasteiger partial charge in [0.05, 0.1) is 0 Å². The summed E-state index contributed by atoms with van der Waals surface area (Å²) < 4.78 is 0. The van der Waals surface area contributed by atoms with Crippen molar-refractivity contribution in [2.75, 3.05) is 37.6 Å². The number of anilines is 1. The molecule has 0 spiro atoms. The summed E-state index contributed by atoms with van der Waals surface area (Å²) in [6.45, 7) is 15.0. The fourth-order valence-electron chi connectivity index (χ4n) is 6.01. The van der Waals surface area contributed by atoms with Crippen molar-refractivity contribution in [1.29, 1.82) is 0 Å². The van der Waals surface area contributed by atoms with Gasteiger partial charge < -0.3 is 9.80 Å². The van der Waals surface area contributed by atoms with Crippen LogP contribution in [0.5, 0.6) is 0 Å². The van der Waals surface area contributed by atoms with E-state index in [1.807, 2.05) is 0 Å². The molecule has 2 fully saturated rings. The molecule has 4 heteroatoms. The number of allylic oxidation sites excluding steroid dienone is 5. The summed E-state index contributed by atoms with van der Waals surface area (Å²) in [7, 11) is 0. The lowest BCUT2D eigenvalue weighted by molar-refractivity contribution is 0.0660. The van der Waals surface area contributed by atoms with E-state index in [1.54, 1.807) is 0 Å². The Morgan fingerprint density at radius 3 is 2.24 bits per heavy atom. The van der Waals surface area contributed by atoms with E-state index in [2.05, 4.69) is 78.8 Å². The molecule has 37 heavy (non-hydrogen) atoms. The largest absolute Gasteiger partial charge is 0.369 e. The van der Waals surface area contributed by atoms with Gasteiger partial charge in [-0.3, -0.25) is 9.69 Å². The van der Waals surface area contributed by atoms with Gasteiger partial charge in [-0.15, -0.1) is 0 Å². The highest BCUT2D eigenvalue weighted by Crippen LogP contribution is 2.33. The normalized spacial score (nSPS) is 19.9. The summed E-state index contributed by atoms with van der Waals surface area (Å²) in [5, 5.41) is 0. The van der Waals surface area contributed by atoms with Crippen LogP contribution in [0.4, 0.5) is 5.69 Å². The SMILES string of the molecule is CC(C)=CCC/C(C)=C/CC/C(C)=C/CN1CCN(c2ccc3c(c2)C(=O)N(C2CCCCC2)C3)CC1. The molecule has 202 valence electrons. The number of piperazine rings is 1. The van der Waals surface area contributed by atoms with E-state index in [-0.39, 0.29) is 5.91 Å². The molecule has 1 aliphatic carbocycles. The molecule has 2 heterocycles. The first-order valence-corrected chi connectivity index (χ1v) is 14.8. The summed E-state index contributed by atoms with van der Waals surface area (Å²) in [6, 6.07) is 7.08. The summed E-state index contributed by atoms with van der Waals surface area (Å²) >= 11 is 0. The molecular formula is C33H49N3O. The first-order chi connectivity index (χ1) is 17.9. The van der Waals surface area contributed by atoms with Crippen LogP contribution in [-0.4, -0.2) is 54.5 Å². The Morgan fingerprint density at radius 1 is 0.865 bits per heavy atom. The van der Waals surface area contributed by atoms with E-state index < -0.39 is 0 Å². The molecule has 1 saturated carbocycles. The number of carbonyl (C=O) groups excluding carboxylic acids is 1. The maximum Gasteiger partial charge on any atom is 0.254 e. The smallest absolute Gasteiger partial charge is 0.254 e. The van der Waals surface area contributed by atoms with Crippen molar-refractivity contribution in [3.8, 4) is 0 Å². The van der Waals surface area contributed by atoms with Crippen molar-refractivity contribution in [1.82, 2.24) is 9.80 Å². The van der Waals surface area contributed by atoms with Gasteiger partial charge in [0, 0.05) is 56.6 Å². The molecule has 4 nitrogen and oxygen atoms in total. The van der Waals surface area contributed by atoms with Crippen molar-refractivity contribution in [3.05, 3.63) is 64.3 Å². The number of carbonyl (C=O) groups is 1. The van der Waals surface area contributed by atoms with Crippen molar-refractivity contribution in [2.45, 2.75) is 98.1 Å². The van der Waals surface area contributed by atoms with E-state index in [4.69, 9.17) is 0 Å². The van der Waals surface area contributed by atoms with Crippen molar-refractivity contribution < 1.29 is 4.79 Å². The number of rotatable bonds is 10. The number of hydrogen-bond donors (Lipinski definition) is 0. The first-order valence-electron chi connectivity index (χ1n) is 14.8. The van der Waals surface area contributed by atoms with Gasteiger partial charge in [-0.1, -0.05) is 60.3 Å². The third kappa shape index (κ3) is 7.83. The maximum atomic E-state index is 13.2. The average Bonchev–Trinajstić information content (AvgIpc) is 3.24. The fraction of sp³-hybridized carbons (Fsp3) is 0.606. The van der Waals surface area contributed by atoms with Crippen LogP contribution in [0.1, 0.15) is 101 Å². The van der Waals surface area contributed by atoms with Crippen LogP contribution >= 0.6 is 0 Å². The highest BCUT2D eigenvalue weighted by molar-refractivity contribution is 5.99. The third-order valence-electron chi connectivity index (χ3n) is 8.50. The van der Waals surface area contributed by atoms with Gasteiger partial charge in [0.1, 0.15) is 0 Å². The number of hydrogen-bond acceptors (Lipinski definition) is 3. The Bertz CT molecular complexity index is 1000. The Kier molecular flexibility index (Phi) is 10.1. The molecule has 2 aliphatic heterocycles.